The fraction of sp³-hybridized carbons (Fsp3) is 0.833. The SMILES string of the molecule is C[N+](C)(C)O.[CH2]CC. The van der Waals surface area contributed by atoms with Crippen molar-refractivity contribution in [2.24, 2.45) is 0 Å². The van der Waals surface area contributed by atoms with Crippen LogP contribution < -0.4 is 0 Å². The average Bonchev–Trinajstić information content (AvgIpc) is 1.27. The molecule has 0 spiro atoms. The molecule has 1 N–H and O–H groups in total. The van der Waals surface area contributed by atoms with Gasteiger partial charge in [-0.1, -0.05) is 20.3 Å². The second-order valence-corrected chi connectivity index (χ2v) is 2.44. The van der Waals surface area contributed by atoms with Gasteiger partial charge in [-0.3, -0.25) is 0 Å². The second-order valence-electron chi connectivity index (χ2n) is 2.44. The van der Waals surface area contributed by atoms with Crippen molar-refractivity contribution < 1.29 is 9.85 Å². The Hall–Kier alpha value is -0.0800. The Bertz CT molecular complexity index is 32.3. The van der Waals surface area contributed by atoms with E-state index in [2.05, 4.69) is 6.92 Å². The van der Waals surface area contributed by atoms with Gasteiger partial charge in [0.05, 0.1) is 21.1 Å². The van der Waals surface area contributed by atoms with Crippen molar-refractivity contribution >= 4 is 0 Å². The smallest absolute Gasteiger partial charge is 0.0979 e. The van der Waals surface area contributed by atoms with E-state index in [-0.39, 0.29) is 4.65 Å². The molecule has 0 amide bonds. The highest BCUT2D eigenvalue weighted by molar-refractivity contribution is 4.18. The number of rotatable bonds is 0. The Morgan fingerprint density at radius 3 is 1.38 bits per heavy atom. The molecule has 2 heteroatoms. The third kappa shape index (κ3) is 22400. The summed E-state index contributed by atoms with van der Waals surface area (Å²) < 4.78 is 0. The lowest BCUT2D eigenvalue weighted by Crippen LogP contribution is -2.28. The van der Waals surface area contributed by atoms with E-state index >= 15 is 0 Å². The van der Waals surface area contributed by atoms with E-state index in [1.54, 1.807) is 21.1 Å². The van der Waals surface area contributed by atoms with Crippen molar-refractivity contribution in [2.45, 2.75) is 13.3 Å². The molecule has 0 fully saturated rings. The van der Waals surface area contributed by atoms with Crippen molar-refractivity contribution in [3.63, 3.8) is 0 Å². The number of hydrogen-bond acceptors (Lipinski definition) is 1. The Morgan fingerprint density at radius 1 is 1.38 bits per heavy atom. The van der Waals surface area contributed by atoms with Crippen LogP contribution in [-0.4, -0.2) is 31.0 Å². The highest BCUT2D eigenvalue weighted by Gasteiger charge is 1.92. The summed E-state index contributed by atoms with van der Waals surface area (Å²) in [6.45, 7) is 5.50. The maximum Gasteiger partial charge on any atom is 0.0979 e. The molecule has 51 valence electrons. The van der Waals surface area contributed by atoms with Crippen LogP contribution in [0.4, 0.5) is 0 Å². The van der Waals surface area contributed by atoms with Crippen LogP contribution in [0, 0.1) is 6.92 Å². The van der Waals surface area contributed by atoms with Crippen LogP contribution in [0.5, 0.6) is 0 Å². The van der Waals surface area contributed by atoms with Gasteiger partial charge < -0.3 is 0 Å². The molecule has 8 heavy (non-hydrogen) atoms. The fourth-order valence-corrected chi connectivity index (χ4v) is 0. The van der Waals surface area contributed by atoms with Crippen LogP contribution in [0.1, 0.15) is 13.3 Å². The Morgan fingerprint density at radius 2 is 1.38 bits per heavy atom. The molecule has 0 unspecified atom stereocenters. The summed E-state index contributed by atoms with van der Waals surface area (Å²) in [6.07, 6.45) is 1.00. The van der Waals surface area contributed by atoms with Gasteiger partial charge in [0, 0.05) is 0 Å². The maximum atomic E-state index is 8.46. The van der Waals surface area contributed by atoms with Gasteiger partial charge in [-0.15, -0.1) is 0 Å². The van der Waals surface area contributed by atoms with Crippen molar-refractivity contribution in [1.29, 1.82) is 0 Å². The lowest BCUT2D eigenvalue weighted by molar-refractivity contribution is -1.06. The molecule has 0 aromatic rings. The van der Waals surface area contributed by atoms with Crippen LogP contribution in [-0.2, 0) is 0 Å². The lowest BCUT2D eigenvalue weighted by atomic mass is 10.6. The van der Waals surface area contributed by atoms with Gasteiger partial charge in [0.25, 0.3) is 0 Å². The molecular weight excluding hydrogens is 102 g/mol. The molecular formula is C6H17NO+. The predicted octanol–water partition coefficient (Wildman–Crippen LogP) is 1.31. The van der Waals surface area contributed by atoms with Crippen LogP contribution in [0.15, 0.2) is 0 Å². The Labute approximate surface area is 52.3 Å². The van der Waals surface area contributed by atoms with E-state index < -0.39 is 0 Å². The summed E-state index contributed by atoms with van der Waals surface area (Å²) in [7, 11) is 5.04. The van der Waals surface area contributed by atoms with Gasteiger partial charge in [-0.25, -0.2) is 5.21 Å². The van der Waals surface area contributed by atoms with Crippen LogP contribution >= 0.6 is 0 Å². The van der Waals surface area contributed by atoms with Crippen molar-refractivity contribution in [1.82, 2.24) is 0 Å². The third-order valence-corrected chi connectivity index (χ3v) is 0. The summed E-state index contributed by atoms with van der Waals surface area (Å²) in [5.41, 5.74) is 0. The van der Waals surface area contributed by atoms with Gasteiger partial charge >= 0.3 is 0 Å². The van der Waals surface area contributed by atoms with E-state index in [9.17, 15) is 0 Å². The fourth-order valence-electron chi connectivity index (χ4n) is 0. The third-order valence-electron chi connectivity index (χ3n) is 0. The first-order valence-corrected chi connectivity index (χ1v) is 2.75. The number of nitrogens with zero attached hydrogens (tertiary/aromatic N) is 1. The molecule has 0 atom stereocenters. The second kappa shape index (κ2) is 5.06. The predicted molar refractivity (Wildman–Crippen MR) is 35.5 cm³/mol. The first-order valence-electron chi connectivity index (χ1n) is 2.75. The van der Waals surface area contributed by atoms with Crippen molar-refractivity contribution in [2.75, 3.05) is 21.1 Å². The molecule has 1 radical (unpaired) electrons. The lowest BCUT2D eigenvalue weighted by Gasteiger charge is -2.09. The topological polar surface area (TPSA) is 20.2 Å². The molecule has 0 aromatic heterocycles. The van der Waals surface area contributed by atoms with Gasteiger partial charge in [-0.05, 0) is 0 Å². The maximum absolute atomic E-state index is 8.46. The van der Waals surface area contributed by atoms with Gasteiger partial charge in [0.15, 0.2) is 0 Å². The standard InChI is InChI=1S/C3H10NO.C3H7/c1-4(2,3)5;1-3-2/h5H,1-3H3;1,3H2,2H3/q+1;. The summed E-state index contributed by atoms with van der Waals surface area (Å²) in [5, 5.41) is 8.46. The zero-order valence-electron chi connectivity index (χ0n) is 6.31. The molecule has 0 rings (SSSR count). The minimum absolute atomic E-state index is 0. The van der Waals surface area contributed by atoms with Gasteiger partial charge in [-0.2, -0.15) is 4.65 Å². The molecule has 0 saturated heterocycles. The number of quaternary nitrogens is 1. The monoisotopic (exact) mass is 119 g/mol. The van der Waals surface area contributed by atoms with E-state index in [1.165, 1.54) is 0 Å². The molecule has 0 heterocycles. The minimum atomic E-state index is 0. The van der Waals surface area contributed by atoms with E-state index in [0.717, 1.165) is 6.42 Å². The Kier molecular flexibility index (Phi) is 6.85. The summed E-state index contributed by atoms with van der Waals surface area (Å²) in [4.78, 5) is 0. The first-order chi connectivity index (χ1) is 3.41. The van der Waals surface area contributed by atoms with E-state index in [1.807, 2.05) is 6.92 Å². The highest BCUT2D eigenvalue weighted by Crippen LogP contribution is 1.72. The van der Waals surface area contributed by atoms with Crippen LogP contribution in [0.25, 0.3) is 0 Å². The molecule has 0 aliphatic carbocycles. The van der Waals surface area contributed by atoms with Crippen molar-refractivity contribution in [3.05, 3.63) is 6.92 Å². The molecule has 2 nitrogen and oxygen atoms in total. The van der Waals surface area contributed by atoms with E-state index in [0.29, 0.717) is 0 Å². The Balaban J connectivity index is 0. The van der Waals surface area contributed by atoms with Crippen molar-refractivity contribution in [3.8, 4) is 0 Å². The molecule has 0 aliphatic heterocycles. The summed E-state index contributed by atoms with van der Waals surface area (Å²) >= 11 is 0. The van der Waals surface area contributed by atoms with Crippen LogP contribution in [0.3, 0.4) is 0 Å². The number of hydrogen-bond donors (Lipinski definition) is 1. The van der Waals surface area contributed by atoms with E-state index in [4.69, 9.17) is 5.21 Å². The van der Waals surface area contributed by atoms with Gasteiger partial charge in [0.1, 0.15) is 0 Å². The normalized spacial score (nSPS) is 9.75. The molecule has 0 aliphatic rings. The molecule has 0 saturated carbocycles. The minimum Gasteiger partial charge on any atom is -0.218 e. The number of hydroxylamine groups is 3. The molecule has 0 bridgehead atoms. The quantitative estimate of drug-likeness (QED) is 0.376. The van der Waals surface area contributed by atoms with Crippen LogP contribution in [0.2, 0.25) is 0 Å². The highest BCUT2D eigenvalue weighted by atomic mass is 16.5. The largest absolute Gasteiger partial charge is 0.218 e. The zero-order chi connectivity index (χ0) is 7.21. The molecule has 0 aromatic carbocycles. The average molecular weight is 119 g/mol. The summed E-state index contributed by atoms with van der Waals surface area (Å²) in [5.74, 6) is 0. The van der Waals surface area contributed by atoms with Gasteiger partial charge in [0.2, 0.25) is 0 Å². The zero-order valence-corrected chi connectivity index (χ0v) is 6.31. The summed E-state index contributed by atoms with van der Waals surface area (Å²) in [6, 6.07) is 0. The first kappa shape index (κ1) is 10.8.